The van der Waals surface area contributed by atoms with Crippen molar-refractivity contribution in [3.8, 4) is 0 Å². The summed E-state index contributed by atoms with van der Waals surface area (Å²) in [5.74, 6) is -0.313. The maximum atomic E-state index is 12.8. The highest BCUT2D eigenvalue weighted by Gasteiger charge is 2.32. The summed E-state index contributed by atoms with van der Waals surface area (Å²) in [4.78, 5) is 26.6. The molecule has 0 radical (unpaired) electrons. The van der Waals surface area contributed by atoms with Crippen molar-refractivity contribution in [3.05, 3.63) is 64.1 Å². The number of carbonyl (C=O) groups excluding carboxylic acids is 2. The van der Waals surface area contributed by atoms with Gasteiger partial charge in [0, 0.05) is 17.2 Å². The summed E-state index contributed by atoms with van der Waals surface area (Å²) in [5.41, 5.74) is 1.94. The molecule has 25 heavy (non-hydrogen) atoms. The van der Waals surface area contributed by atoms with Crippen molar-refractivity contribution in [2.75, 3.05) is 18.9 Å². The maximum absolute atomic E-state index is 12.8. The lowest BCUT2D eigenvalue weighted by Crippen LogP contribution is -2.44. The van der Waals surface area contributed by atoms with E-state index in [9.17, 15) is 9.59 Å². The van der Waals surface area contributed by atoms with E-state index in [1.54, 1.807) is 7.05 Å². The van der Waals surface area contributed by atoms with E-state index in [0.717, 1.165) is 21.3 Å². The fourth-order valence-electron chi connectivity index (χ4n) is 2.70. The summed E-state index contributed by atoms with van der Waals surface area (Å²) >= 11 is 3.40. The van der Waals surface area contributed by atoms with Crippen molar-refractivity contribution in [2.45, 2.75) is 26.2 Å². The Hall–Kier alpha value is -2.14. The third-order valence-electron chi connectivity index (χ3n) is 4.22. The van der Waals surface area contributed by atoms with Crippen LogP contribution in [0.2, 0.25) is 0 Å². The second-order valence-corrected chi connectivity index (χ2v) is 7.58. The normalized spacial score (nSPS) is 11.1. The van der Waals surface area contributed by atoms with E-state index in [4.69, 9.17) is 0 Å². The number of nitrogens with one attached hydrogen (secondary N) is 1. The first-order valence-corrected chi connectivity index (χ1v) is 8.88. The second kappa shape index (κ2) is 7.83. The molecule has 0 heterocycles. The highest BCUT2D eigenvalue weighted by atomic mass is 79.9. The molecule has 2 aromatic carbocycles. The first kappa shape index (κ1) is 19.2. The molecular formula is C20H23BrN2O2. The molecular weight excluding hydrogens is 380 g/mol. The van der Waals surface area contributed by atoms with Gasteiger partial charge in [0.2, 0.25) is 11.8 Å². The molecule has 0 aliphatic rings. The number of nitrogens with zero attached hydrogens (tertiary/aromatic N) is 1. The van der Waals surface area contributed by atoms with Crippen LogP contribution in [0.25, 0.3) is 0 Å². The minimum absolute atomic E-state index is 0.00456. The first-order valence-electron chi connectivity index (χ1n) is 8.09. The van der Waals surface area contributed by atoms with Crippen LogP contribution in [0.15, 0.2) is 53.0 Å². The van der Waals surface area contributed by atoms with Gasteiger partial charge in [0.05, 0.1) is 12.0 Å². The number of hydrogen-bond donors (Lipinski definition) is 1. The average Bonchev–Trinajstić information content (AvgIpc) is 2.57. The summed E-state index contributed by atoms with van der Waals surface area (Å²) < 4.78 is 0.958. The van der Waals surface area contributed by atoms with Gasteiger partial charge in [0.15, 0.2) is 0 Å². The first-order chi connectivity index (χ1) is 11.7. The van der Waals surface area contributed by atoms with Gasteiger partial charge in [-0.1, -0.05) is 46.3 Å². The zero-order valence-electron chi connectivity index (χ0n) is 15.0. The minimum Gasteiger partial charge on any atom is -0.336 e. The average molecular weight is 403 g/mol. The number of aryl methyl sites for hydroxylation is 1. The van der Waals surface area contributed by atoms with Crippen LogP contribution in [0, 0.1) is 6.92 Å². The SMILES string of the molecule is Cc1cc(Br)ccc1NC(=O)CN(C)C(=O)C(C)(C)c1ccccc1. The molecule has 0 unspecified atom stereocenters. The molecule has 0 bridgehead atoms. The third kappa shape index (κ3) is 4.69. The van der Waals surface area contributed by atoms with E-state index in [-0.39, 0.29) is 18.4 Å². The van der Waals surface area contributed by atoms with Crippen LogP contribution in [-0.4, -0.2) is 30.3 Å². The Morgan fingerprint density at radius 2 is 1.76 bits per heavy atom. The van der Waals surface area contributed by atoms with Gasteiger partial charge in [0.25, 0.3) is 0 Å². The Kier molecular flexibility index (Phi) is 6.01. The standard InChI is InChI=1S/C20H23BrN2O2/c1-14-12-16(21)10-11-17(14)22-18(24)13-23(4)19(25)20(2,3)15-8-6-5-7-9-15/h5-12H,13H2,1-4H3,(H,22,24). The fourth-order valence-corrected chi connectivity index (χ4v) is 3.18. The molecule has 0 saturated heterocycles. The van der Waals surface area contributed by atoms with Crippen LogP contribution >= 0.6 is 15.9 Å². The monoisotopic (exact) mass is 402 g/mol. The zero-order chi connectivity index (χ0) is 18.6. The lowest BCUT2D eigenvalue weighted by atomic mass is 9.83. The molecule has 0 aliphatic carbocycles. The number of carbonyl (C=O) groups is 2. The Morgan fingerprint density at radius 3 is 2.36 bits per heavy atom. The predicted octanol–water partition coefficient (Wildman–Crippen LogP) is 4.13. The summed E-state index contributed by atoms with van der Waals surface area (Å²) in [5, 5.41) is 2.86. The highest BCUT2D eigenvalue weighted by molar-refractivity contribution is 9.10. The largest absolute Gasteiger partial charge is 0.336 e. The Bertz CT molecular complexity index is 773. The van der Waals surface area contributed by atoms with E-state index >= 15 is 0 Å². The van der Waals surface area contributed by atoms with Gasteiger partial charge >= 0.3 is 0 Å². The maximum Gasteiger partial charge on any atom is 0.243 e. The van der Waals surface area contributed by atoms with Crippen molar-refractivity contribution in [1.29, 1.82) is 0 Å². The van der Waals surface area contributed by atoms with Gasteiger partial charge in [-0.05, 0) is 50.1 Å². The van der Waals surface area contributed by atoms with Crippen molar-refractivity contribution >= 4 is 33.4 Å². The highest BCUT2D eigenvalue weighted by Crippen LogP contribution is 2.25. The molecule has 0 saturated carbocycles. The molecule has 0 aromatic heterocycles. The number of halogens is 1. The van der Waals surface area contributed by atoms with Crippen molar-refractivity contribution < 1.29 is 9.59 Å². The van der Waals surface area contributed by atoms with Crippen molar-refractivity contribution in [3.63, 3.8) is 0 Å². The number of hydrogen-bond acceptors (Lipinski definition) is 2. The lowest BCUT2D eigenvalue weighted by Gasteiger charge is -2.29. The van der Waals surface area contributed by atoms with Crippen LogP contribution < -0.4 is 5.32 Å². The molecule has 132 valence electrons. The Morgan fingerprint density at radius 1 is 1.12 bits per heavy atom. The molecule has 1 N–H and O–H groups in total. The summed E-state index contributed by atoms with van der Waals surface area (Å²) in [7, 11) is 1.65. The third-order valence-corrected chi connectivity index (χ3v) is 4.71. The van der Waals surface area contributed by atoms with Crippen LogP contribution in [0.5, 0.6) is 0 Å². The van der Waals surface area contributed by atoms with Crippen LogP contribution in [0.4, 0.5) is 5.69 Å². The van der Waals surface area contributed by atoms with E-state index in [0.29, 0.717) is 0 Å². The van der Waals surface area contributed by atoms with Crippen molar-refractivity contribution in [2.24, 2.45) is 0 Å². The van der Waals surface area contributed by atoms with Gasteiger partial charge in [0.1, 0.15) is 0 Å². The molecule has 5 heteroatoms. The van der Waals surface area contributed by atoms with E-state index in [1.165, 1.54) is 4.90 Å². The Labute approximate surface area is 157 Å². The molecule has 2 rings (SSSR count). The second-order valence-electron chi connectivity index (χ2n) is 6.66. The Balaban J connectivity index is 2.04. The molecule has 0 fully saturated rings. The quantitative estimate of drug-likeness (QED) is 0.816. The van der Waals surface area contributed by atoms with Gasteiger partial charge in [-0.2, -0.15) is 0 Å². The molecule has 4 nitrogen and oxygen atoms in total. The van der Waals surface area contributed by atoms with Crippen LogP contribution in [0.1, 0.15) is 25.0 Å². The molecule has 0 aliphatic heterocycles. The van der Waals surface area contributed by atoms with Gasteiger partial charge in [-0.3, -0.25) is 9.59 Å². The van der Waals surface area contributed by atoms with Crippen molar-refractivity contribution in [1.82, 2.24) is 4.90 Å². The number of likely N-dealkylation sites (N-methyl/N-ethyl adjacent to an activating group) is 1. The summed E-state index contributed by atoms with van der Waals surface area (Å²) in [6.45, 7) is 5.67. The van der Waals surface area contributed by atoms with Gasteiger partial charge in [-0.15, -0.1) is 0 Å². The molecule has 2 aromatic rings. The summed E-state index contributed by atoms with van der Waals surface area (Å²) in [6, 6.07) is 15.2. The van der Waals surface area contributed by atoms with Crippen LogP contribution in [-0.2, 0) is 15.0 Å². The molecule has 2 amide bonds. The number of amides is 2. The predicted molar refractivity (Wildman–Crippen MR) is 105 cm³/mol. The zero-order valence-corrected chi connectivity index (χ0v) is 16.6. The molecule has 0 atom stereocenters. The minimum atomic E-state index is -0.691. The van der Waals surface area contributed by atoms with E-state index < -0.39 is 5.41 Å². The van der Waals surface area contributed by atoms with E-state index in [1.807, 2.05) is 69.3 Å². The molecule has 0 spiro atoms. The summed E-state index contributed by atoms with van der Waals surface area (Å²) in [6.07, 6.45) is 0. The fraction of sp³-hybridized carbons (Fsp3) is 0.300. The van der Waals surface area contributed by atoms with Gasteiger partial charge < -0.3 is 10.2 Å². The topological polar surface area (TPSA) is 49.4 Å². The van der Waals surface area contributed by atoms with Crippen LogP contribution in [0.3, 0.4) is 0 Å². The lowest BCUT2D eigenvalue weighted by molar-refractivity contribution is -0.137. The van der Waals surface area contributed by atoms with E-state index in [2.05, 4.69) is 21.2 Å². The number of anilines is 1. The smallest absolute Gasteiger partial charge is 0.243 e. The number of benzene rings is 2. The number of rotatable bonds is 5. The van der Waals surface area contributed by atoms with Gasteiger partial charge in [-0.25, -0.2) is 0 Å².